The molecule has 4 nitrogen and oxygen atoms in total. The van der Waals surface area contributed by atoms with Gasteiger partial charge in [-0.25, -0.2) is 0 Å². The van der Waals surface area contributed by atoms with E-state index in [1.165, 1.54) is 57.8 Å². The average Bonchev–Trinajstić information content (AvgIpc) is 3.20. The summed E-state index contributed by atoms with van der Waals surface area (Å²) in [5.74, 6) is 4.72. The second-order valence-electron chi connectivity index (χ2n) is 12.1. The summed E-state index contributed by atoms with van der Waals surface area (Å²) in [6.45, 7) is 7.87. The van der Waals surface area contributed by atoms with Gasteiger partial charge in [-0.1, -0.05) is 33.6 Å². The summed E-state index contributed by atoms with van der Waals surface area (Å²) in [4.78, 5) is 13.5. The maximum Gasteiger partial charge on any atom is 0.157 e. The van der Waals surface area contributed by atoms with Crippen LogP contribution in [0.15, 0.2) is 12.4 Å². The lowest BCUT2D eigenvalue weighted by Crippen LogP contribution is -2.57. The molecule has 1 heterocycles. The van der Waals surface area contributed by atoms with E-state index in [0.717, 1.165) is 30.1 Å². The van der Waals surface area contributed by atoms with Gasteiger partial charge >= 0.3 is 0 Å². The van der Waals surface area contributed by atoms with Gasteiger partial charge in [0.05, 0.1) is 18.3 Å². The van der Waals surface area contributed by atoms with Crippen LogP contribution in [-0.2, 0) is 11.3 Å². The van der Waals surface area contributed by atoms with E-state index in [0.29, 0.717) is 29.2 Å². The molecule has 4 saturated carbocycles. The molecule has 168 valence electrons. The second kappa shape index (κ2) is 7.75. The van der Waals surface area contributed by atoms with Gasteiger partial charge in [0.15, 0.2) is 5.78 Å². The van der Waals surface area contributed by atoms with E-state index in [9.17, 15) is 4.79 Å². The molecule has 4 aliphatic carbocycles. The Hall–Kier alpha value is -1.63. The number of Topliss-reactive ketones (excluding diaryl/α,β-unsaturated/α-hetero) is 1. The van der Waals surface area contributed by atoms with Crippen molar-refractivity contribution in [3.05, 3.63) is 18.0 Å². The van der Waals surface area contributed by atoms with Crippen molar-refractivity contribution in [3.8, 4) is 6.07 Å². The summed E-state index contributed by atoms with van der Waals surface area (Å²) in [5, 5.41) is 13.3. The minimum atomic E-state index is 0.146. The van der Waals surface area contributed by atoms with Crippen molar-refractivity contribution in [1.29, 1.82) is 5.26 Å². The number of carbonyl (C=O) groups is 1. The van der Waals surface area contributed by atoms with Crippen LogP contribution >= 0.6 is 0 Å². The Morgan fingerprint density at radius 1 is 1.13 bits per heavy atom. The van der Waals surface area contributed by atoms with Crippen molar-refractivity contribution < 1.29 is 4.79 Å². The highest BCUT2D eigenvalue weighted by atomic mass is 16.1. The minimum absolute atomic E-state index is 0.146. The van der Waals surface area contributed by atoms with Crippen LogP contribution in [-0.4, -0.2) is 15.6 Å². The van der Waals surface area contributed by atoms with Gasteiger partial charge in [0, 0.05) is 12.1 Å². The monoisotopic (exact) mass is 421 g/mol. The predicted molar refractivity (Wildman–Crippen MR) is 121 cm³/mol. The van der Waals surface area contributed by atoms with Gasteiger partial charge in [0.1, 0.15) is 6.07 Å². The molecule has 0 N–H and O–H groups in total. The Balaban J connectivity index is 1.36. The number of fused-ring (bicyclic) bond motifs is 5. The van der Waals surface area contributed by atoms with E-state index in [1.807, 2.05) is 0 Å². The molecule has 0 amide bonds. The van der Waals surface area contributed by atoms with E-state index in [2.05, 4.69) is 31.9 Å². The van der Waals surface area contributed by atoms with Crippen LogP contribution in [0.4, 0.5) is 0 Å². The highest BCUT2D eigenvalue weighted by Crippen LogP contribution is 2.66. The van der Waals surface area contributed by atoms with Crippen molar-refractivity contribution in [2.45, 2.75) is 91.5 Å². The predicted octanol–water partition coefficient (Wildman–Crippen LogP) is 6.01. The summed E-state index contributed by atoms with van der Waals surface area (Å²) >= 11 is 0. The van der Waals surface area contributed by atoms with Crippen LogP contribution in [0.2, 0.25) is 0 Å². The fourth-order valence-electron chi connectivity index (χ4n) is 8.97. The van der Waals surface area contributed by atoms with Crippen LogP contribution in [0.25, 0.3) is 0 Å². The first-order chi connectivity index (χ1) is 14.8. The molecule has 5 rings (SSSR count). The fraction of sp³-hybridized carbons (Fsp3) is 0.815. The quantitative estimate of drug-likeness (QED) is 0.600. The molecule has 1 aromatic rings. The number of nitrogens with zero attached hydrogens (tertiary/aromatic N) is 3. The Bertz CT molecular complexity index is 883. The molecule has 0 saturated heterocycles. The van der Waals surface area contributed by atoms with E-state index < -0.39 is 0 Å². The van der Waals surface area contributed by atoms with Crippen LogP contribution < -0.4 is 0 Å². The zero-order chi connectivity index (χ0) is 21.8. The van der Waals surface area contributed by atoms with Crippen LogP contribution in [0.1, 0.15) is 90.5 Å². The third-order valence-corrected chi connectivity index (χ3v) is 10.6. The summed E-state index contributed by atoms with van der Waals surface area (Å²) in [5.41, 5.74) is 1.22. The molecule has 1 aromatic heterocycles. The Morgan fingerprint density at radius 2 is 1.90 bits per heavy atom. The van der Waals surface area contributed by atoms with Gasteiger partial charge in [-0.3, -0.25) is 9.48 Å². The van der Waals surface area contributed by atoms with Gasteiger partial charge in [0.2, 0.25) is 0 Å². The summed E-state index contributed by atoms with van der Waals surface area (Å²) in [7, 11) is 0. The van der Waals surface area contributed by atoms with E-state index >= 15 is 0 Å². The molecule has 4 fully saturated rings. The van der Waals surface area contributed by atoms with Gasteiger partial charge in [-0.05, 0) is 91.8 Å². The summed E-state index contributed by atoms with van der Waals surface area (Å²) < 4.78 is 1.68. The average molecular weight is 422 g/mol. The maximum absolute atomic E-state index is 13.5. The third kappa shape index (κ3) is 3.38. The number of carbonyl (C=O) groups excluding carboxylic acids is 1. The van der Waals surface area contributed by atoms with Crippen molar-refractivity contribution >= 4 is 5.78 Å². The molecule has 0 aromatic carbocycles. The molecule has 4 heteroatoms. The Kier molecular flexibility index (Phi) is 5.31. The van der Waals surface area contributed by atoms with E-state index in [-0.39, 0.29) is 11.3 Å². The van der Waals surface area contributed by atoms with Crippen LogP contribution in [0, 0.1) is 57.7 Å². The van der Waals surface area contributed by atoms with E-state index in [1.54, 1.807) is 17.1 Å². The zero-order valence-electron chi connectivity index (χ0n) is 19.6. The van der Waals surface area contributed by atoms with Crippen molar-refractivity contribution in [2.75, 3.05) is 0 Å². The van der Waals surface area contributed by atoms with Gasteiger partial charge < -0.3 is 0 Å². The van der Waals surface area contributed by atoms with Gasteiger partial charge in [0.25, 0.3) is 0 Å². The first-order valence-corrected chi connectivity index (χ1v) is 12.8. The number of aromatic nitrogens is 2. The third-order valence-electron chi connectivity index (χ3n) is 10.6. The van der Waals surface area contributed by atoms with Crippen molar-refractivity contribution in [2.24, 2.45) is 46.3 Å². The number of ketones is 1. The summed E-state index contributed by atoms with van der Waals surface area (Å²) in [6, 6.07) is 2.12. The molecule has 0 spiro atoms. The zero-order valence-corrected chi connectivity index (χ0v) is 19.6. The molecule has 4 aliphatic rings. The topological polar surface area (TPSA) is 58.7 Å². The standard InChI is InChI=1S/C27H39N3O/c1-18-9-11-26(2)20(13-18)7-8-21-22-5-4-6-24(27(22,3)12-10-23(21)26)25(31)17-30-16-19(14-28)15-29-30/h15-16,18,20-24H,4-13,17H2,1-3H3/t18-,20?,21-,22?,23?,24+,26?,27-/m0/s1. The van der Waals surface area contributed by atoms with Crippen LogP contribution in [0.3, 0.4) is 0 Å². The number of rotatable bonds is 3. The largest absolute Gasteiger partial charge is 0.297 e. The molecule has 0 bridgehead atoms. The highest BCUT2D eigenvalue weighted by molar-refractivity contribution is 5.81. The first kappa shape index (κ1) is 21.2. The minimum Gasteiger partial charge on any atom is -0.297 e. The summed E-state index contributed by atoms with van der Waals surface area (Å²) in [6.07, 6.45) is 16.4. The fourth-order valence-corrected chi connectivity index (χ4v) is 8.97. The highest BCUT2D eigenvalue weighted by Gasteiger charge is 2.59. The lowest BCUT2D eigenvalue weighted by molar-refractivity contribution is -0.157. The maximum atomic E-state index is 13.5. The number of hydrogen-bond donors (Lipinski definition) is 0. The van der Waals surface area contributed by atoms with Crippen molar-refractivity contribution in [3.63, 3.8) is 0 Å². The molecule has 0 aliphatic heterocycles. The molecular weight excluding hydrogens is 382 g/mol. The Morgan fingerprint density at radius 3 is 2.68 bits per heavy atom. The molecule has 4 unspecified atom stereocenters. The Labute approximate surface area is 187 Å². The number of hydrogen-bond acceptors (Lipinski definition) is 3. The molecular formula is C27H39N3O. The van der Waals surface area contributed by atoms with Gasteiger partial charge in [-0.15, -0.1) is 0 Å². The SMILES string of the molecule is C[C@H]1CCC2(C)C(CC[C@@H]3C2CC[C@@]2(C)C3CCC[C@@H]2C(=O)Cn2cc(C#N)cn2)C1. The molecule has 8 atom stereocenters. The normalized spacial score (nSPS) is 44.5. The molecule has 0 radical (unpaired) electrons. The lowest BCUT2D eigenvalue weighted by Gasteiger charge is -2.63. The van der Waals surface area contributed by atoms with Crippen molar-refractivity contribution in [1.82, 2.24) is 9.78 Å². The lowest BCUT2D eigenvalue weighted by atomic mass is 9.41. The molecule has 31 heavy (non-hydrogen) atoms. The first-order valence-electron chi connectivity index (χ1n) is 12.8. The van der Waals surface area contributed by atoms with Gasteiger partial charge in [-0.2, -0.15) is 10.4 Å². The second-order valence-corrected chi connectivity index (χ2v) is 12.1. The number of nitriles is 1. The van der Waals surface area contributed by atoms with Crippen LogP contribution in [0.5, 0.6) is 0 Å². The van der Waals surface area contributed by atoms with E-state index in [4.69, 9.17) is 5.26 Å². The smallest absolute Gasteiger partial charge is 0.157 e.